The Bertz CT molecular complexity index is 832. The molecule has 2 aromatic carbocycles. The van der Waals surface area contributed by atoms with Gasteiger partial charge in [-0.15, -0.1) is 10.2 Å². The first-order valence-electron chi connectivity index (χ1n) is 7.19. The Morgan fingerprint density at radius 2 is 1.83 bits per heavy atom. The molecule has 4 nitrogen and oxygen atoms in total. The summed E-state index contributed by atoms with van der Waals surface area (Å²) in [6.07, 6.45) is 0. The molecule has 1 heterocycles. The van der Waals surface area contributed by atoms with Gasteiger partial charge in [0.15, 0.2) is 4.34 Å². The van der Waals surface area contributed by atoms with Gasteiger partial charge in [0.1, 0.15) is 0 Å². The number of carbonyl (C=O) groups is 1. The summed E-state index contributed by atoms with van der Waals surface area (Å²) in [5.41, 5.74) is 3.07. The molecule has 0 aliphatic carbocycles. The molecule has 1 amide bonds. The number of rotatable bonds is 5. The lowest BCUT2D eigenvalue weighted by Gasteiger charge is -2.01. The largest absolute Gasteiger partial charge is 0.296 e. The van der Waals surface area contributed by atoms with Crippen molar-refractivity contribution >= 4 is 50.1 Å². The summed E-state index contributed by atoms with van der Waals surface area (Å²) in [6.45, 7) is 2.07. The first kappa shape index (κ1) is 17.1. The van der Waals surface area contributed by atoms with Gasteiger partial charge < -0.3 is 0 Å². The number of nitrogens with one attached hydrogen (secondary N) is 1. The average molecular weight is 420 g/mol. The summed E-state index contributed by atoms with van der Waals surface area (Å²) in [5.74, 6) is 0.643. The quantitative estimate of drug-likeness (QED) is 0.458. The SMILES string of the molecule is Cc1ccc(CSc2nnc(NC(=O)c3ccc(Br)cc3)s2)cc1. The zero-order chi connectivity index (χ0) is 16.9. The lowest BCUT2D eigenvalue weighted by molar-refractivity contribution is 0.102. The highest BCUT2D eigenvalue weighted by molar-refractivity contribution is 9.10. The van der Waals surface area contributed by atoms with E-state index in [1.54, 1.807) is 23.9 Å². The van der Waals surface area contributed by atoms with E-state index in [0.29, 0.717) is 10.7 Å². The van der Waals surface area contributed by atoms with Gasteiger partial charge in [-0.25, -0.2) is 0 Å². The van der Waals surface area contributed by atoms with E-state index in [1.807, 2.05) is 12.1 Å². The summed E-state index contributed by atoms with van der Waals surface area (Å²) < 4.78 is 1.77. The Hall–Kier alpha value is -1.70. The number of thioether (sulfide) groups is 1. The van der Waals surface area contributed by atoms with Crippen LogP contribution in [0.5, 0.6) is 0 Å². The van der Waals surface area contributed by atoms with Crippen LogP contribution in [0.1, 0.15) is 21.5 Å². The smallest absolute Gasteiger partial charge is 0.257 e. The fraction of sp³-hybridized carbons (Fsp3) is 0.118. The summed E-state index contributed by atoms with van der Waals surface area (Å²) in [5, 5.41) is 11.4. The summed E-state index contributed by atoms with van der Waals surface area (Å²) in [7, 11) is 0. The van der Waals surface area contributed by atoms with Crippen LogP contribution < -0.4 is 5.32 Å². The van der Waals surface area contributed by atoms with Gasteiger partial charge in [-0.05, 0) is 36.8 Å². The molecule has 0 aliphatic rings. The molecule has 24 heavy (non-hydrogen) atoms. The predicted octanol–water partition coefficient (Wildman–Crippen LogP) is 5.15. The Balaban J connectivity index is 1.58. The van der Waals surface area contributed by atoms with Gasteiger partial charge in [-0.2, -0.15) is 0 Å². The Morgan fingerprint density at radius 1 is 1.12 bits per heavy atom. The van der Waals surface area contributed by atoms with Gasteiger partial charge >= 0.3 is 0 Å². The van der Waals surface area contributed by atoms with Crippen LogP contribution in [0.25, 0.3) is 0 Å². The zero-order valence-corrected chi connectivity index (χ0v) is 16.0. The van der Waals surface area contributed by atoms with Crippen LogP contribution in [-0.4, -0.2) is 16.1 Å². The van der Waals surface area contributed by atoms with Crippen LogP contribution in [0.4, 0.5) is 5.13 Å². The second kappa shape index (κ2) is 7.92. The molecule has 0 saturated heterocycles. The van der Waals surface area contributed by atoms with Gasteiger partial charge in [0.2, 0.25) is 5.13 Å². The third-order valence-electron chi connectivity index (χ3n) is 3.22. The van der Waals surface area contributed by atoms with Gasteiger partial charge in [-0.3, -0.25) is 10.1 Å². The Labute approximate surface area is 156 Å². The minimum absolute atomic E-state index is 0.186. The molecule has 0 saturated carbocycles. The van der Waals surface area contributed by atoms with E-state index in [0.717, 1.165) is 14.6 Å². The zero-order valence-electron chi connectivity index (χ0n) is 12.8. The average Bonchev–Trinajstić information content (AvgIpc) is 3.02. The first-order chi connectivity index (χ1) is 11.6. The van der Waals surface area contributed by atoms with Crippen molar-refractivity contribution in [2.24, 2.45) is 0 Å². The monoisotopic (exact) mass is 419 g/mol. The highest BCUT2D eigenvalue weighted by Crippen LogP contribution is 2.28. The number of carbonyl (C=O) groups excluding carboxylic acids is 1. The van der Waals surface area contributed by atoms with E-state index in [2.05, 4.69) is 62.6 Å². The fourth-order valence-electron chi connectivity index (χ4n) is 1.92. The minimum Gasteiger partial charge on any atom is -0.296 e. The molecule has 122 valence electrons. The molecule has 0 fully saturated rings. The molecule has 0 spiro atoms. The lowest BCUT2D eigenvalue weighted by atomic mass is 10.2. The Kier molecular flexibility index (Phi) is 5.65. The number of benzene rings is 2. The van der Waals surface area contributed by atoms with Crippen LogP contribution in [0.15, 0.2) is 57.3 Å². The Morgan fingerprint density at radius 3 is 2.54 bits per heavy atom. The van der Waals surface area contributed by atoms with Crippen molar-refractivity contribution < 1.29 is 4.79 Å². The third-order valence-corrected chi connectivity index (χ3v) is 5.79. The maximum atomic E-state index is 12.2. The lowest BCUT2D eigenvalue weighted by Crippen LogP contribution is -2.11. The van der Waals surface area contributed by atoms with Crippen molar-refractivity contribution in [3.8, 4) is 0 Å². The number of hydrogen-bond donors (Lipinski definition) is 1. The van der Waals surface area contributed by atoms with Crippen molar-refractivity contribution in [2.45, 2.75) is 17.0 Å². The second-order valence-electron chi connectivity index (χ2n) is 5.11. The van der Waals surface area contributed by atoms with Crippen molar-refractivity contribution in [2.75, 3.05) is 5.32 Å². The van der Waals surface area contributed by atoms with Crippen LogP contribution in [0.3, 0.4) is 0 Å². The van der Waals surface area contributed by atoms with E-state index in [-0.39, 0.29) is 5.91 Å². The van der Waals surface area contributed by atoms with Gasteiger partial charge in [-0.1, -0.05) is 68.9 Å². The maximum Gasteiger partial charge on any atom is 0.257 e. The maximum absolute atomic E-state index is 12.2. The van der Waals surface area contributed by atoms with E-state index >= 15 is 0 Å². The van der Waals surface area contributed by atoms with Crippen molar-refractivity contribution in [1.82, 2.24) is 10.2 Å². The summed E-state index contributed by atoms with van der Waals surface area (Å²) in [6, 6.07) is 15.6. The van der Waals surface area contributed by atoms with Gasteiger partial charge in [0, 0.05) is 15.8 Å². The molecule has 0 radical (unpaired) electrons. The second-order valence-corrected chi connectivity index (χ2v) is 8.22. The molecule has 0 unspecified atom stereocenters. The normalized spacial score (nSPS) is 10.6. The molecule has 7 heteroatoms. The summed E-state index contributed by atoms with van der Waals surface area (Å²) in [4.78, 5) is 12.2. The summed E-state index contributed by atoms with van der Waals surface area (Å²) >= 11 is 6.34. The van der Waals surface area contributed by atoms with E-state index in [9.17, 15) is 4.79 Å². The number of amides is 1. The molecular weight excluding hydrogens is 406 g/mol. The fourth-order valence-corrected chi connectivity index (χ4v) is 3.89. The standard InChI is InChI=1S/C17H14BrN3OS2/c1-11-2-4-12(5-3-11)10-23-17-21-20-16(24-17)19-15(22)13-6-8-14(18)9-7-13/h2-9H,10H2,1H3,(H,19,20,22). The number of halogens is 1. The first-order valence-corrected chi connectivity index (χ1v) is 9.78. The van der Waals surface area contributed by atoms with E-state index in [1.165, 1.54) is 22.5 Å². The molecule has 3 rings (SSSR count). The van der Waals surface area contributed by atoms with Crippen LogP contribution in [0.2, 0.25) is 0 Å². The van der Waals surface area contributed by atoms with Crippen LogP contribution >= 0.6 is 39.0 Å². The highest BCUT2D eigenvalue weighted by atomic mass is 79.9. The van der Waals surface area contributed by atoms with E-state index in [4.69, 9.17) is 0 Å². The van der Waals surface area contributed by atoms with Gasteiger partial charge in [0.25, 0.3) is 5.91 Å². The molecule has 1 N–H and O–H groups in total. The van der Waals surface area contributed by atoms with E-state index < -0.39 is 0 Å². The number of nitrogens with zero attached hydrogens (tertiary/aromatic N) is 2. The van der Waals surface area contributed by atoms with Crippen LogP contribution in [0, 0.1) is 6.92 Å². The molecule has 0 bridgehead atoms. The van der Waals surface area contributed by atoms with Crippen molar-refractivity contribution in [1.29, 1.82) is 0 Å². The molecule has 3 aromatic rings. The third kappa shape index (κ3) is 4.66. The van der Waals surface area contributed by atoms with Gasteiger partial charge in [0.05, 0.1) is 0 Å². The number of aromatic nitrogens is 2. The predicted molar refractivity (Wildman–Crippen MR) is 103 cm³/mol. The number of anilines is 1. The van der Waals surface area contributed by atoms with Crippen molar-refractivity contribution in [3.05, 3.63) is 69.7 Å². The minimum atomic E-state index is -0.186. The molecular formula is C17H14BrN3OS2. The topological polar surface area (TPSA) is 54.9 Å². The number of hydrogen-bond acceptors (Lipinski definition) is 5. The highest BCUT2D eigenvalue weighted by Gasteiger charge is 2.10. The number of aryl methyl sites for hydroxylation is 1. The molecule has 1 aromatic heterocycles. The molecule has 0 atom stereocenters. The molecule has 0 aliphatic heterocycles. The van der Waals surface area contributed by atoms with Crippen LogP contribution in [-0.2, 0) is 5.75 Å². The van der Waals surface area contributed by atoms with Crippen molar-refractivity contribution in [3.63, 3.8) is 0 Å².